The molecule has 1 aromatic carbocycles. The molecule has 1 aromatic rings. The molecular formula is C14H16O4. The quantitative estimate of drug-likeness (QED) is 0.656. The van der Waals surface area contributed by atoms with Gasteiger partial charge in [-0.05, 0) is 49.9 Å². The highest BCUT2D eigenvalue weighted by molar-refractivity contribution is 6.15. The standard InChI is InChI=1S/C14H16O4/c1-8-6-10(11(18-3)7-9(8)2)12(15)14(4-5-14)13(16)17/h6-7H,4-5H2,1-3H3,(H,16,17). The van der Waals surface area contributed by atoms with E-state index in [4.69, 9.17) is 9.84 Å². The van der Waals surface area contributed by atoms with Gasteiger partial charge in [-0.15, -0.1) is 0 Å². The van der Waals surface area contributed by atoms with Crippen molar-refractivity contribution in [3.05, 3.63) is 28.8 Å². The van der Waals surface area contributed by atoms with Gasteiger partial charge < -0.3 is 9.84 Å². The summed E-state index contributed by atoms with van der Waals surface area (Å²) in [4.78, 5) is 23.5. The van der Waals surface area contributed by atoms with Gasteiger partial charge >= 0.3 is 5.97 Å². The first-order valence-electron chi connectivity index (χ1n) is 5.86. The molecule has 1 aliphatic carbocycles. The highest BCUT2D eigenvalue weighted by Crippen LogP contribution is 2.49. The Balaban J connectivity index is 2.48. The van der Waals surface area contributed by atoms with E-state index in [9.17, 15) is 9.59 Å². The van der Waals surface area contributed by atoms with Gasteiger partial charge in [0.25, 0.3) is 0 Å². The topological polar surface area (TPSA) is 63.6 Å². The molecule has 2 rings (SSSR count). The number of ketones is 1. The summed E-state index contributed by atoms with van der Waals surface area (Å²) in [5.74, 6) is -0.918. The van der Waals surface area contributed by atoms with Crippen molar-refractivity contribution in [1.82, 2.24) is 0 Å². The summed E-state index contributed by atoms with van der Waals surface area (Å²) in [6.07, 6.45) is 0.828. The molecule has 1 fully saturated rings. The Morgan fingerprint density at radius 1 is 1.22 bits per heavy atom. The van der Waals surface area contributed by atoms with Crippen LogP contribution in [0.25, 0.3) is 0 Å². The molecule has 1 N–H and O–H groups in total. The van der Waals surface area contributed by atoms with Crippen molar-refractivity contribution in [1.29, 1.82) is 0 Å². The van der Waals surface area contributed by atoms with Crippen LogP contribution in [0.15, 0.2) is 12.1 Å². The molecule has 4 heteroatoms. The van der Waals surface area contributed by atoms with Gasteiger partial charge in [-0.3, -0.25) is 9.59 Å². The second kappa shape index (κ2) is 4.12. The number of hydrogen-bond acceptors (Lipinski definition) is 3. The van der Waals surface area contributed by atoms with Gasteiger partial charge in [0.2, 0.25) is 0 Å². The normalized spacial score (nSPS) is 16.2. The second-order valence-electron chi connectivity index (χ2n) is 4.85. The van der Waals surface area contributed by atoms with Gasteiger partial charge in [0, 0.05) is 0 Å². The number of methoxy groups -OCH3 is 1. The van der Waals surface area contributed by atoms with Crippen LogP contribution < -0.4 is 4.74 Å². The van der Waals surface area contributed by atoms with Crippen LogP contribution in [-0.4, -0.2) is 24.0 Å². The highest BCUT2D eigenvalue weighted by Gasteiger charge is 2.57. The minimum atomic E-state index is -1.21. The van der Waals surface area contributed by atoms with Gasteiger partial charge in [-0.2, -0.15) is 0 Å². The molecule has 0 heterocycles. The average molecular weight is 248 g/mol. The molecule has 0 bridgehead atoms. The Labute approximate surface area is 106 Å². The first-order chi connectivity index (χ1) is 8.42. The lowest BCUT2D eigenvalue weighted by atomic mass is 9.92. The molecule has 0 spiro atoms. The van der Waals surface area contributed by atoms with E-state index in [2.05, 4.69) is 0 Å². The van der Waals surface area contributed by atoms with Crippen LogP contribution in [0.3, 0.4) is 0 Å². The molecule has 0 aromatic heterocycles. The van der Waals surface area contributed by atoms with Gasteiger partial charge in [0.1, 0.15) is 11.2 Å². The van der Waals surface area contributed by atoms with E-state index in [1.807, 2.05) is 13.8 Å². The number of benzene rings is 1. The van der Waals surface area contributed by atoms with E-state index < -0.39 is 11.4 Å². The number of carboxylic acid groups (broad SMARTS) is 1. The van der Waals surface area contributed by atoms with Crippen LogP contribution in [0.4, 0.5) is 0 Å². The zero-order chi connectivity index (χ0) is 13.5. The zero-order valence-corrected chi connectivity index (χ0v) is 10.7. The van der Waals surface area contributed by atoms with Crippen LogP contribution in [0, 0.1) is 19.3 Å². The van der Waals surface area contributed by atoms with Crippen molar-refractivity contribution < 1.29 is 19.4 Å². The number of aliphatic carboxylic acids is 1. The molecule has 4 nitrogen and oxygen atoms in total. The summed E-state index contributed by atoms with van der Waals surface area (Å²) in [5.41, 5.74) is 1.14. The van der Waals surface area contributed by atoms with Crippen molar-refractivity contribution in [3.63, 3.8) is 0 Å². The zero-order valence-electron chi connectivity index (χ0n) is 10.7. The molecular weight excluding hydrogens is 232 g/mol. The molecule has 96 valence electrons. The molecule has 1 aliphatic rings. The number of rotatable bonds is 4. The van der Waals surface area contributed by atoms with Gasteiger partial charge in [-0.1, -0.05) is 0 Å². The summed E-state index contributed by atoms with van der Waals surface area (Å²) in [6.45, 7) is 3.82. The summed E-state index contributed by atoms with van der Waals surface area (Å²) < 4.78 is 5.19. The van der Waals surface area contributed by atoms with Crippen molar-refractivity contribution >= 4 is 11.8 Å². The maximum Gasteiger partial charge on any atom is 0.317 e. The van der Waals surface area contributed by atoms with Crippen molar-refractivity contribution in [2.45, 2.75) is 26.7 Å². The minimum absolute atomic E-state index is 0.338. The van der Waals surface area contributed by atoms with E-state index in [0.717, 1.165) is 11.1 Å². The Hall–Kier alpha value is -1.84. The molecule has 0 aliphatic heterocycles. The third-order valence-corrected chi connectivity index (χ3v) is 3.65. The second-order valence-corrected chi connectivity index (χ2v) is 4.85. The SMILES string of the molecule is COc1cc(C)c(C)cc1C(=O)C1(C(=O)O)CC1. The Bertz CT molecular complexity index is 527. The van der Waals surface area contributed by atoms with Crippen LogP contribution >= 0.6 is 0 Å². The molecule has 0 radical (unpaired) electrons. The molecule has 0 atom stereocenters. The Kier molecular flexibility index (Phi) is 2.89. The lowest BCUT2D eigenvalue weighted by molar-refractivity contribution is -0.141. The molecule has 0 unspecified atom stereocenters. The third-order valence-electron chi connectivity index (χ3n) is 3.65. The van der Waals surface area contributed by atoms with Gasteiger partial charge in [-0.25, -0.2) is 0 Å². The lowest BCUT2D eigenvalue weighted by Gasteiger charge is -2.14. The van der Waals surface area contributed by atoms with Crippen molar-refractivity contribution in [2.75, 3.05) is 7.11 Å². The monoisotopic (exact) mass is 248 g/mol. The molecule has 1 saturated carbocycles. The molecule has 0 saturated heterocycles. The molecule has 18 heavy (non-hydrogen) atoms. The number of hydrogen-bond donors (Lipinski definition) is 1. The molecule has 0 amide bonds. The van der Waals surface area contributed by atoms with Gasteiger partial charge in [0.05, 0.1) is 12.7 Å². The third kappa shape index (κ3) is 1.78. The number of carboxylic acids is 1. The smallest absolute Gasteiger partial charge is 0.317 e. The van der Waals surface area contributed by atoms with E-state index in [1.165, 1.54) is 7.11 Å². The van der Waals surface area contributed by atoms with E-state index in [-0.39, 0.29) is 5.78 Å². The first-order valence-corrected chi connectivity index (χ1v) is 5.86. The predicted molar refractivity (Wildman–Crippen MR) is 66.1 cm³/mol. The van der Waals surface area contributed by atoms with Crippen LogP contribution in [0.5, 0.6) is 5.75 Å². The Morgan fingerprint density at radius 2 is 1.78 bits per heavy atom. The summed E-state index contributed by atoms with van der Waals surface area (Å²) >= 11 is 0. The number of aryl methyl sites for hydroxylation is 2. The summed E-state index contributed by atoms with van der Waals surface area (Å²) in [7, 11) is 1.49. The van der Waals surface area contributed by atoms with Crippen LogP contribution in [0.1, 0.15) is 34.3 Å². The lowest BCUT2D eigenvalue weighted by Crippen LogP contribution is -2.26. The van der Waals surface area contributed by atoms with Gasteiger partial charge in [0.15, 0.2) is 5.78 Å². The van der Waals surface area contributed by atoms with Crippen molar-refractivity contribution in [2.24, 2.45) is 5.41 Å². The van der Waals surface area contributed by atoms with E-state index >= 15 is 0 Å². The fourth-order valence-electron chi connectivity index (χ4n) is 2.06. The van der Waals surface area contributed by atoms with Crippen LogP contribution in [0.2, 0.25) is 0 Å². The minimum Gasteiger partial charge on any atom is -0.496 e. The van der Waals surface area contributed by atoms with E-state index in [1.54, 1.807) is 12.1 Å². The summed E-state index contributed by atoms with van der Waals surface area (Å²) in [6, 6.07) is 3.50. The summed E-state index contributed by atoms with van der Waals surface area (Å²) in [5, 5.41) is 9.16. The number of ether oxygens (including phenoxy) is 1. The largest absolute Gasteiger partial charge is 0.496 e. The maximum atomic E-state index is 12.4. The van der Waals surface area contributed by atoms with E-state index in [0.29, 0.717) is 24.2 Å². The first kappa shape index (κ1) is 12.6. The highest BCUT2D eigenvalue weighted by atomic mass is 16.5. The predicted octanol–water partition coefficient (Wildman–Crippen LogP) is 2.36. The average Bonchev–Trinajstić information content (AvgIpc) is 3.12. The van der Waals surface area contributed by atoms with Crippen molar-refractivity contribution in [3.8, 4) is 5.75 Å². The number of Topliss-reactive ketones (excluding diaryl/α,β-unsaturated/α-hetero) is 1. The number of carbonyl (C=O) groups excluding carboxylic acids is 1. The number of carbonyl (C=O) groups is 2. The fraction of sp³-hybridized carbons (Fsp3) is 0.429. The maximum absolute atomic E-state index is 12.4. The van der Waals surface area contributed by atoms with Crippen LogP contribution in [-0.2, 0) is 4.79 Å². The Morgan fingerprint density at radius 3 is 2.22 bits per heavy atom. The fourth-order valence-corrected chi connectivity index (χ4v) is 2.06.